The average molecular weight is 346 g/mol. The van der Waals surface area contributed by atoms with Crippen LogP contribution in [0.4, 0.5) is 0 Å². The monoisotopic (exact) mass is 346 g/mol. The first-order chi connectivity index (χ1) is 11.6. The first-order valence-electron chi connectivity index (χ1n) is 8.54. The Balaban J connectivity index is 1.96. The molecule has 0 bridgehead atoms. The fraction of sp³-hybridized carbons (Fsp3) is 0.526. The molecule has 25 heavy (non-hydrogen) atoms. The van der Waals surface area contributed by atoms with Crippen LogP contribution < -0.4 is 5.32 Å². The summed E-state index contributed by atoms with van der Waals surface area (Å²) in [5.74, 6) is -1.74. The number of aliphatic carboxylic acids is 1. The Hall–Kier alpha value is -2.37. The Labute approximate surface area is 148 Å². The predicted molar refractivity (Wildman–Crippen MR) is 94.4 cm³/mol. The Morgan fingerprint density at radius 2 is 1.76 bits per heavy atom. The minimum absolute atomic E-state index is 0.00269. The third-order valence-electron chi connectivity index (χ3n) is 4.42. The summed E-state index contributed by atoms with van der Waals surface area (Å²) in [6.45, 7) is 7.57. The lowest BCUT2D eigenvalue weighted by atomic mass is 9.87. The molecule has 6 heteroatoms. The van der Waals surface area contributed by atoms with Crippen LogP contribution in [0.1, 0.15) is 56.5 Å². The van der Waals surface area contributed by atoms with E-state index in [1.54, 1.807) is 12.1 Å². The molecule has 0 heterocycles. The van der Waals surface area contributed by atoms with Crippen molar-refractivity contribution in [2.75, 3.05) is 6.54 Å². The SMILES string of the molecule is CC(C(=O)O)N(C(=O)CNC(=O)c1ccc(C(C)(C)C)cc1)C1CC1. The molecule has 0 aliphatic heterocycles. The van der Waals surface area contributed by atoms with E-state index in [0.29, 0.717) is 5.56 Å². The molecule has 1 aliphatic rings. The molecule has 2 N–H and O–H groups in total. The van der Waals surface area contributed by atoms with Crippen LogP contribution in [0.5, 0.6) is 0 Å². The van der Waals surface area contributed by atoms with Crippen molar-refractivity contribution in [1.29, 1.82) is 0 Å². The van der Waals surface area contributed by atoms with Crippen molar-refractivity contribution in [3.63, 3.8) is 0 Å². The van der Waals surface area contributed by atoms with Crippen LogP contribution in [0.15, 0.2) is 24.3 Å². The lowest BCUT2D eigenvalue weighted by Gasteiger charge is -2.26. The minimum Gasteiger partial charge on any atom is -0.480 e. The molecule has 136 valence electrons. The Kier molecular flexibility index (Phi) is 5.50. The van der Waals surface area contributed by atoms with E-state index in [1.165, 1.54) is 11.8 Å². The smallest absolute Gasteiger partial charge is 0.326 e. The van der Waals surface area contributed by atoms with E-state index < -0.39 is 12.0 Å². The summed E-state index contributed by atoms with van der Waals surface area (Å²) in [4.78, 5) is 37.1. The number of carbonyl (C=O) groups excluding carboxylic acids is 2. The first-order valence-corrected chi connectivity index (χ1v) is 8.54. The van der Waals surface area contributed by atoms with Gasteiger partial charge in [0.1, 0.15) is 6.04 Å². The number of nitrogens with one attached hydrogen (secondary N) is 1. The predicted octanol–water partition coefficient (Wildman–Crippen LogP) is 2.18. The highest BCUT2D eigenvalue weighted by Gasteiger charge is 2.38. The average Bonchev–Trinajstić information content (AvgIpc) is 3.36. The topological polar surface area (TPSA) is 86.7 Å². The summed E-state index contributed by atoms with van der Waals surface area (Å²) in [7, 11) is 0. The summed E-state index contributed by atoms with van der Waals surface area (Å²) in [5.41, 5.74) is 1.60. The van der Waals surface area contributed by atoms with E-state index in [0.717, 1.165) is 18.4 Å². The normalized spacial score (nSPS) is 15.4. The Bertz CT molecular complexity index is 657. The zero-order chi connectivity index (χ0) is 18.8. The zero-order valence-electron chi connectivity index (χ0n) is 15.2. The molecule has 1 aromatic rings. The molecule has 1 fully saturated rings. The van der Waals surface area contributed by atoms with E-state index in [4.69, 9.17) is 5.11 Å². The quantitative estimate of drug-likeness (QED) is 0.826. The molecule has 1 unspecified atom stereocenters. The summed E-state index contributed by atoms with van der Waals surface area (Å²) in [6.07, 6.45) is 1.62. The maximum Gasteiger partial charge on any atom is 0.326 e. The van der Waals surface area contributed by atoms with E-state index in [1.807, 2.05) is 12.1 Å². The van der Waals surface area contributed by atoms with Crippen LogP contribution in [-0.2, 0) is 15.0 Å². The van der Waals surface area contributed by atoms with Crippen molar-refractivity contribution in [2.24, 2.45) is 0 Å². The number of carboxylic acids is 1. The fourth-order valence-electron chi connectivity index (χ4n) is 2.68. The molecule has 0 aromatic heterocycles. The van der Waals surface area contributed by atoms with Crippen molar-refractivity contribution in [3.05, 3.63) is 35.4 Å². The van der Waals surface area contributed by atoms with Crippen LogP contribution in [-0.4, -0.2) is 46.4 Å². The van der Waals surface area contributed by atoms with E-state index >= 15 is 0 Å². The van der Waals surface area contributed by atoms with Crippen molar-refractivity contribution < 1.29 is 19.5 Å². The molecule has 2 amide bonds. The zero-order valence-corrected chi connectivity index (χ0v) is 15.2. The van der Waals surface area contributed by atoms with Gasteiger partial charge in [-0.05, 0) is 42.9 Å². The molecule has 0 saturated heterocycles. The number of hydrogen-bond acceptors (Lipinski definition) is 3. The highest BCUT2D eigenvalue weighted by Crippen LogP contribution is 2.28. The third kappa shape index (κ3) is 4.81. The number of carbonyl (C=O) groups is 3. The van der Waals surface area contributed by atoms with Crippen molar-refractivity contribution in [2.45, 2.75) is 58.0 Å². The molecule has 2 rings (SSSR count). The number of carboxylic acid groups (broad SMARTS) is 1. The summed E-state index contributed by atoms with van der Waals surface area (Å²) < 4.78 is 0. The van der Waals surface area contributed by atoms with Crippen molar-refractivity contribution in [1.82, 2.24) is 10.2 Å². The van der Waals surface area contributed by atoms with Gasteiger partial charge in [-0.2, -0.15) is 0 Å². The molecule has 1 aromatic carbocycles. The van der Waals surface area contributed by atoms with Gasteiger partial charge in [-0.25, -0.2) is 4.79 Å². The molecule has 0 radical (unpaired) electrons. The van der Waals surface area contributed by atoms with Gasteiger partial charge in [-0.15, -0.1) is 0 Å². The van der Waals surface area contributed by atoms with E-state index in [-0.39, 0.29) is 29.8 Å². The maximum atomic E-state index is 12.3. The fourth-order valence-corrected chi connectivity index (χ4v) is 2.68. The highest BCUT2D eigenvalue weighted by molar-refractivity contribution is 5.97. The third-order valence-corrected chi connectivity index (χ3v) is 4.42. The van der Waals surface area contributed by atoms with Crippen LogP contribution in [0.3, 0.4) is 0 Å². The van der Waals surface area contributed by atoms with E-state index in [2.05, 4.69) is 26.1 Å². The highest BCUT2D eigenvalue weighted by atomic mass is 16.4. The number of nitrogens with zero attached hydrogens (tertiary/aromatic N) is 1. The van der Waals surface area contributed by atoms with Crippen LogP contribution in [0, 0.1) is 0 Å². The summed E-state index contributed by atoms with van der Waals surface area (Å²) in [6, 6.07) is 6.36. The van der Waals surface area contributed by atoms with Gasteiger partial charge in [0.15, 0.2) is 0 Å². The van der Waals surface area contributed by atoms with Gasteiger partial charge in [0.25, 0.3) is 5.91 Å². The van der Waals surface area contributed by atoms with Crippen LogP contribution >= 0.6 is 0 Å². The minimum atomic E-state index is -1.04. The van der Waals surface area contributed by atoms with Gasteiger partial charge in [-0.3, -0.25) is 9.59 Å². The van der Waals surface area contributed by atoms with Gasteiger partial charge in [0.05, 0.1) is 6.54 Å². The first kappa shape index (κ1) is 19.0. The van der Waals surface area contributed by atoms with Gasteiger partial charge < -0.3 is 15.3 Å². The summed E-state index contributed by atoms with van der Waals surface area (Å²) >= 11 is 0. The lowest BCUT2D eigenvalue weighted by Crippen LogP contribution is -2.48. The van der Waals surface area contributed by atoms with Crippen LogP contribution in [0.25, 0.3) is 0 Å². The van der Waals surface area contributed by atoms with Gasteiger partial charge in [0.2, 0.25) is 5.91 Å². The second-order valence-corrected chi connectivity index (χ2v) is 7.56. The molecule has 1 saturated carbocycles. The number of benzene rings is 1. The molecule has 0 spiro atoms. The standard InChI is InChI=1S/C19H26N2O4/c1-12(18(24)25)21(15-9-10-15)16(22)11-20-17(23)13-5-7-14(8-6-13)19(2,3)4/h5-8,12,15H,9-11H2,1-4H3,(H,20,23)(H,24,25). The second-order valence-electron chi connectivity index (χ2n) is 7.56. The molecule has 1 aliphatic carbocycles. The van der Waals surface area contributed by atoms with Gasteiger partial charge >= 0.3 is 5.97 Å². The largest absolute Gasteiger partial charge is 0.480 e. The Morgan fingerprint density at radius 1 is 1.20 bits per heavy atom. The van der Waals surface area contributed by atoms with Crippen molar-refractivity contribution in [3.8, 4) is 0 Å². The molecular weight excluding hydrogens is 320 g/mol. The number of rotatable bonds is 6. The van der Waals surface area contributed by atoms with Gasteiger partial charge in [-0.1, -0.05) is 32.9 Å². The Morgan fingerprint density at radius 3 is 2.20 bits per heavy atom. The molecular formula is C19H26N2O4. The summed E-state index contributed by atoms with van der Waals surface area (Å²) in [5, 5.41) is 11.7. The molecule has 1 atom stereocenters. The second kappa shape index (κ2) is 7.25. The number of amides is 2. The lowest BCUT2D eigenvalue weighted by molar-refractivity contribution is -0.149. The molecule has 6 nitrogen and oxygen atoms in total. The van der Waals surface area contributed by atoms with Crippen molar-refractivity contribution >= 4 is 17.8 Å². The maximum absolute atomic E-state index is 12.3. The van der Waals surface area contributed by atoms with Gasteiger partial charge in [0, 0.05) is 11.6 Å². The van der Waals surface area contributed by atoms with Crippen LogP contribution in [0.2, 0.25) is 0 Å². The van der Waals surface area contributed by atoms with E-state index in [9.17, 15) is 14.4 Å². The number of hydrogen-bond donors (Lipinski definition) is 2.